The molecule has 0 unspecified atom stereocenters. The Hall–Kier alpha value is -2.68. The Kier molecular flexibility index (Phi) is 5.47. The summed E-state index contributed by atoms with van der Waals surface area (Å²) >= 11 is 1.07. The smallest absolute Gasteiger partial charge is 0.307 e. The lowest BCUT2D eigenvalue weighted by Crippen LogP contribution is -2.34. The Morgan fingerprint density at radius 3 is 2.57 bits per heavy atom. The molecule has 0 spiro atoms. The van der Waals surface area contributed by atoms with E-state index in [2.05, 4.69) is 10.6 Å². The van der Waals surface area contributed by atoms with Crippen LogP contribution in [0.2, 0.25) is 0 Å². The summed E-state index contributed by atoms with van der Waals surface area (Å²) in [5, 5.41) is 18.0. The van der Waals surface area contributed by atoms with Gasteiger partial charge in [0.05, 0.1) is 4.92 Å². The number of nitro groups is 1. The van der Waals surface area contributed by atoms with E-state index in [1.807, 2.05) is 0 Å². The van der Waals surface area contributed by atoms with Crippen molar-refractivity contribution < 1.29 is 9.72 Å². The molecule has 0 saturated carbocycles. The number of hydrogen-bond donors (Lipinski definition) is 2. The number of amides is 1. The zero-order chi connectivity index (χ0) is 16.8. The minimum absolute atomic E-state index is 0.00565. The van der Waals surface area contributed by atoms with Crippen LogP contribution in [0.1, 0.15) is 5.69 Å². The van der Waals surface area contributed by atoms with Gasteiger partial charge in [-0.3, -0.25) is 24.3 Å². The molecule has 2 N–H and O–H groups in total. The normalized spacial score (nSPS) is 10.3. The molecule has 8 nitrogen and oxygen atoms in total. The molecule has 0 bridgehead atoms. The molecule has 23 heavy (non-hydrogen) atoms. The van der Waals surface area contributed by atoms with Crippen molar-refractivity contribution in [2.45, 2.75) is 13.5 Å². The Labute approximate surface area is 135 Å². The first-order chi connectivity index (χ1) is 11.0. The summed E-state index contributed by atoms with van der Waals surface area (Å²) in [5.41, 5.74) is 1.52. The fourth-order valence-corrected chi connectivity index (χ4v) is 2.64. The Morgan fingerprint density at radius 1 is 1.30 bits per heavy atom. The number of hydrogen-bond acceptors (Lipinski definition) is 6. The lowest BCUT2D eigenvalue weighted by Gasteiger charge is -2.08. The van der Waals surface area contributed by atoms with E-state index >= 15 is 0 Å². The molecule has 1 heterocycles. The van der Waals surface area contributed by atoms with Crippen molar-refractivity contribution >= 4 is 28.6 Å². The highest BCUT2D eigenvalue weighted by molar-refractivity contribution is 7.07. The summed E-state index contributed by atoms with van der Waals surface area (Å²) in [6.45, 7) is 2.64. The molecule has 0 radical (unpaired) electrons. The summed E-state index contributed by atoms with van der Waals surface area (Å²) in [7, 11) is 0. The molecule has 1 amide bonds. The van der Waals surface area contributed by atoms with Gasteiger partial charge in [0.2, 0.25) is 5.91 Å². The predicted molar refractivity (Wildman–Crippen MR) is 87.9 cm³/mol. The lowest BCUT2D eigenvalue weighted by molar-refractivity contribution is -0.384. The number of rotatable bonds is 7. The highest BCUT2D eigenvalue weighted by atomic mass is 32.1. The minimum Gasteiger partial charge on any atom is -0.383 e. The molecular weight excluding hydrogens is 320 g/mol. The fourth-order valence-electron chi connectivity index (χ4n) is 1.91. The monoisotopic (exact) mass is 336 g/mol. The summed E-state index contributed by atoms with van der Waals surface area (Å²) in [4.78, 5) is 33.2. The average molecular weight is 336 g/mol. The minimum atomic E-state index is -0.460. The first-order valence-electron chi connectivity index (χ1n) is 6.87. The molecule has 1 aromatic heterocycles. The number of benzene rings is 1. The van der Waals surface area contributed by atoms with Crippen molar-refractivity contribution in [1.82, 2.24) is 9.88 Å². The van der Waals surface area contributed by atoms with Crippen molar-refractivity contribution in [2.75, 3.05) is 18.4 Å². The van der Waals surface area contributed by atoms with Gasteiger partial charge < -0.3 is 10.6 Å². The van der Waals surface area contributed by atoms with Gasteiger partial charge in [0.25, 0.3) is 5.69 Å². The van der Waals surface area contributed by atoms with E-state index in [0.717, 1.165) is 22.7 Å². The third kappa shape index (κ3) is 4.65. The van der Waals surface area contributed by atoms with E-state index in [1.165, 1.54) is 16.7 Å². The lowest BCUT2D eigenvalue weighted by atomic mass is 10.3. The van der Waals surface area contributed by atoms with E-state index in [0.29, 0.717) is 13.1 Å². The topological polar surface area (TPSA) is 106 Å². The maximum Gasteiger partial charge on any atom is 0.307 e. The molecular formula is C14H16N4O4S. The highest BCUT2D eigenvalue weighted by Gasteiger charge is 2.08. The van der Waals surface area contributed by atoms with E-state index in [9.17, 15) is 19.7 Å². The molecule has 1 aromatic carbocycles. The standard InChI is InChI=1S/C14H16N4O4S/c1-10-9-23-14(20)17(10)8-13(19)16-7-6-15-11-2-4-12(5-3-11)18(21)22/h2-5,9,15H,6-8H2,1H3,(H,16,19). The van der Waals surface area contributed by atoms with Crippen LogP contribution in [0.15, 0.2) is 34.4 Å². The van der Waals surface area contributed by atoms with Gasteiger partial charge >= 0.3 is 4.87 Å². The first kappa shape index (κ1) is 16.7. The number of carbonyl (C=O) groups excluding carboxylic acids is 1. The summed E-state index contributed by atoms with van der Waals surface area (Å²) in [5.74, 6) is -0.237. The van der Waals surface area contributed by atoms with Crippen molar-refractivity contribution in [3.8, 4) is 0 Å². The van der Waals surface area contributed by atoms with E-state index in [-0.39, 0.29) is 23.0 Å². The second-order valence-electron chi connectivity index (χ2n) is 4.81. The van der Waals surface area contributed by atoms with Gasteiger partial charge in [-0.1, -0.05) is 11.3 Å². The maximum absolute atomic E-state index is 11.8. The van der Waals surface area contributed by atoms with Gasteiger partial charge in [0.15, 0.2) is 0 Å². The number of anilines is 1. The van der Waals surface area contributed by atoms with Crippen LogP contribution in [0.25, 0.3) is 0 Å². The summed E-state index contributed by atoms with van der Waals surface area (Å²) in [6, 6.07) is 6.03. The first-order valence-corrected chi connectivity index (χ1v) is 7.75. The number of nitrogens with zero attached hydrogens (tertiary/aromatic N) is 2. The average Bonchev–Trinajstić information content (AvgIpc) is 2.84. The number of aromatic nitrogens is 1. The molecule has 2 rings (SSSR count). The third-order valence-electron chi connectivity index (χ3n) is 3.13. The predicted octanol–water partition coefficient (Wildman–Crippen LogP) is 1.35. The number of nitrogens with one attached hydrogen (secondary N) is 2. The second kappa shape index (κ2) is 7.54. The van der Waals surface area contributed by atoms with E-state index in [1.54, 1.807) is 24.4 Å². The largest absolute Gasteiger partial charge is 0.383 e. The molecule has 0 aliphatic rings. The van der Waals surface area contributed by atoms with Crippen molar-refractivity contribution in [2.24, 2.45) is 0 Å². The third-order valence-corrected chi connectivity index (χ3v) is 4.01. The van der Waals surface area contributed by atoms with Gasteiger partial charge in [-0.2, -0.15) is 0 Å². The van der Waals surface area contributed by atoms with Crippen LogP contribution in [0.3, 0.4) is 0 Å². The Balaban J connectivity index is 1.73. The van der Waals surface area contributed by atoms with Gasteiger partial charge in [-0.05, 0) is 19.1 Å². The van der Waals surface area contributed by atoms with Crippen LogP contribution in [-0.2, 0) is 11.3 Å². The van der Waals surface area contributed by atoms with Gasteiger partial charge in [-0.25, -0.2) is 0 Å². The van der Waals surface area contributed by atoms with Crippen LogP contribution in [0, 0.1) is 17.0 Å². The van der Waals surface area contributed by atoms with Crippen LogP contribution in [0.4, 0.5) is 11.4 Å². The summed E-state index contributed by atoms with van der Waals surface area (Å²) in [6.07, 6.45) is 0. The highest BCUT2D eigenvalue weighted by Crippen LogP contribution is 2.14. The number of thiazole rings is 1. The van der Waals surface area contributed by atoms with E-state index in [4.69, 9.17) is 0 Å². The number of nitro benzene ring substituents is 1. The molecule has 2 aromatic rings. The van der Waals surface area contributed by atoms with Crippen LogP contribution in [0.5, 0.6) is 0 Å². The molecule has 0 aliphatic carbocycles. The molecule has 122 valence electrons. The van der Waals surface area contributed by atoms with Gasteiger partial charge in [-0.15, -0.1) is 0 Å². The molecule has 0 atom stereocenters. The van der Waals surface area contributed by atoms with Crippen molar-refractivity contribution in [3.05, 3.63) is 55.1 Å². The number of aryl methyl sites for hydroxylation is 1. The fraction of sp³-hybridized carbons (Fsp3) is 0.286. The van der Waals surface area contributed by atoms with Crippen molar-refractivity contribution in [1.29, 1.82) is 0 Å². The van der Waals surface area contributed by atoms with Gasteiger partial charge in [0.1, 0.15) is 6.54 Å². The molecule has 0 fully saturated rings. The quantitative estimate of drug-likeness (QED) is 0.451. The van der Waals surface area contributed by atoms with Crippen LogP contribution in [-0.4, -0.2) is 28.5 Å². The zero-order valence-corrected chi connectivity index (χ0v) is 13.3. The van der Waals surface area contributed by atoms with E-state index < -0.39 is 4.92 Å². The second-order valence-corrected chi connectivity index (χ2v) is 5.63. The number of carbonyl (C=O) groups is 1. The zero-order valence-electron chi connectivity index (χ0n) is 12.4. The SMILES string of the molecule is Cc1csc(=O)n1CC(=O)NCCNc1ccc([N+](=O)[O-])cc1. The maximum atomic E-state index is 11.8. The summed E-state index contributed by atoms with van der Waals surface area (Å²) < 4.78 is 1.42. The Bertz CT molecular complexity index is 751. The molecule has 9 heteroatoms. The van der Waals surface area contributed by atoms with Crippen LogP contribution >= 0.6 is 11.3 Å². The van der Waals surface area contributed by atoms with Crippen LogP contribution < -0.4 is 15.5 Å². The van der Waals surface area contributed by atoms with Gasteiger partial charge in [0, 0.05) is 42.0 Å². The molecule has 0 saturated heterocycles. The molecule has 0 aliphatic heterocycles. The van der Waals surface area contributed by atoms with Crippen molar-refractivity contribution in [3.63, 3.8) is 0 Å². The number of non-ortho nitro benzene ring substituents is 1. The Morgan fingerprint density at radius 2 is 2.00 bits per heavy atom.